The van der Waals surface area contributed by atoms with Crippen LogP contribution in [0, 0.1) is 0 Å². The molecule has 0 aliphatic carbocycles. The second-order valence-corrected chi connectivity index (χ2v) is 16.8. The number of rotatable bonds is 37. The molecule has 0 aromatic carbocycles. The van der Waals surface area contributed by atoms with Gasteiger partial charge in [-0.3, -0.25) is 13.8 Å². The van der Waals surface area contributed by atoms with Crippen molar-refractivity contribution in [3.05, 3.63) is 85.1 Å². The highest BCUT2D eigenvalue weighted by Gasteiger charge is 2.28. The van der Waals surface area contributed by atoms with Crippen LogP contribution in [0.1, 0.15) is 149 Å². The number of hydrogen-bond donors (Lipinski definition) is 3. The Kier molecular flexibility index (Phi) is 35.7. The van der Waals surface area contributed by atoms with Gasteiger partial charge in [-0.15, -0.1) is 0 Å². The molecule has 1 amide bonds. The first-order valence-electron chi connectivity index (χ1n) is 21.5. The van der Waals surface area contributed by atoms with E-state index in [0.717, 1.165) is 89.9 Å². The first-order chi connectivity index (χ1) is 26.5. The molecule has 0 radical (unpaired) electrons. The van der Waals surface area contributed by atoms with E-state index in [2.05, 4.69) is 104 Å². The molecule has 3 N–H and O–H groups in total. The van der Waals surface area contributed by atoms with E-state index in [-0.39, 0.29) is 19.1 Å². The van der Waals surface area contributed by atoms with Gasteiger partial charge in [-0.25, -0.2) is 4.57 Å². The number of hydrogen-bond acceptors (Lipinski definition) is 5. The van der Waals surface area contributed by atoms with E-state index in [1.54, 1.807) is 0 Å². The molecule has 0 aromatic rings. The molecule has 0 fully saturated rings. The summed E-state index contributed by atoms with van der Waals surface area (Å²) in [5.41, 5.74) is 0. The number of carbonyl (C=O) groups excluding carboxylic acids is 1. The normalized spacial score (nSPS) is 15.3. The lowest BCUT2D eigenvalue weighted by Gasteiger charge is -2.26. The van der Waals surface area contributed by atoms with Crippen molar-refractivity contribution in [3.8, 4) is 0 Å². The number of quaternary nitrogens is 1. The molecule has 0 aliphatic heterocycles. The maximum absolute atomic E-state index is 12.8. The zero-order valence-corrected chi connectivity index (χ0v) is 36.5. The maximum atomic E-state index is 12.8. The third kappa shape index (κ3) is 39.7. The van der Waals surface area contributed by atoms with Crippen LogP contribution in [0.15, 0.2) is 85.1 Å². The molecule has 316 valence electrons. The number of unbranched alkanes of at least 4 members (excludes halogenated alkanes) is 10. The average Bonchev–Trinajstić information content (AvgIpc) is 3.13. The Morgan fingerprint density at radius 2 is 1.09 bits per heavy atom. The van der Waals surface area contributed by atoms with Crippen molar-refractivity contribution >= 4 is 13.7 Å². The van der Waals surface area contributed by atoms with E-state index >= 15 is 0 Å². The fraction of sp³-hybridized carbons (Fsp3) is 0.674. The number of nitrogens with one attached hydrogen (secondary N) is 1. The monoisotopic (exact) mass is 790 g/mol. The van der Waals surface area contributed by atoms with Gasteiger partial charge >= 0.3 is 7.82 Å². The molecule has 0 spiro atoms. The molecule has 55 heavy (non-hydrogen) atoms. The Balaban J connectivity index is 4.34. The number of aliphatic hydroxyl groups is 1. The quantitative estimate of drug-likeness (QED) is 0.0251. The van der Waals surface area contributed by atoms with Gasteiger partial charge in [0.05, 0.1) is 39.9 Å². The van der Waals surface area contributed by atoms with E-state index in [1.165, 1.54) is 32.1 Å². The molecule has 0 saturated carbocycles. The summed E-state index contributed by atoms with van der Waals surface area (Å²) in [4.78, 5) is 23.0. The van der Waals surface area contributed by atoms with E-state index in [4.69, 9.17) is 9.05 Å². The molecule has 0 bridgehead atoms. The van der Waals surface area contributed by atoms with Gasteiger partial charge in [-0.1, -0.05) is 157 Å². The summed E-state index contributed by atoms with van der Waals surface area (Å²) >= 11 is 0. The third-order valence-corrected chi connectivity index (χ3v) is 9.89. The van der Waals surface area contributed by atoms with E-state index in [1.807, 2.05) is 21.1 Å². The maximum Gasteiger partial charge on any atom is 0.472 e. The predicted octanol–water partition coefficient (Wildman–Crippen LogP) is 11.8. The van der Waals surface area contributed by atoms with Crippen LogP contribution in [-0.4, -0.2) is 73.4 Å². The van der Waals surface area contributed by atoms with Crippen molar-refractivity contribution in [1.29, 1.82) is 0 Å². The highest BCUT2D eigenvalue weighted by Crippen LogP contribution is 2.43. The first kappa shape index (κ1) is 52.7. The summed E-state index contributed by atoms with van der Waals surface area (Å²) in [5.74, 6) is -0.185. The van der Waals surface area contributed by atoms with Gasteiger partial charge in [-0.05, 0) is 70.6 Å². The van der Waals surface area contributed by atoms with Gasteiger partial charge in [0.2, 0.25) is 5.91 Å². The highest BCUT2D eigenvalue weighted by molar-refractivity contribution is 7.47. The molecule has 9 heteroatoms. The average molecular weight is 790 g/mol. The summed E-state index contributed by atoms with van der Waals surface area (Å²) in [6, 6.07) is -0.781. The molecular formula is C46H82N2O6P+. The topological polar surface area (TPSA) is 105 Å². The van der Waals surface area contributed by atoms with Crippen LogP contribution >= 0.6 is 7.82 Å². The van der Waals surface area contributed by atoms with Crippen LogP contribution in [0.5, 0.6) is 0 Å². The Hall–Kier alpha value is -2.32. The number of likely N-dealkylation sites (N-methyl/N-ethyl adjacent to an activating group) is 1. The smallest absolute Gasteiger partial charge is 0.391 e. The molecule has 0 aliphatic rings. The largest absolute Gasteiger partial charge is 0.472 e. The van der Waals surface area contributed by atoms with Gasteiger partial charge in [0.15, 0.2) is 0 Å². The highest BCUT2D eigenvalue weighted by atomic mass is 31.2. The summed E-state index contributed by atoms with van der Waals surface area (Å²) in [5, 5.41) is 13.8. The second-order valence-electron chi connectivity index (χ2n) is 15.3. The molecule has 8 nitrogen and oxygen atoms in total. The number of phosphoric acid groups is 1. The molecule has 0 saturated heterocycles. The Bertz CT molecular complexity index is 1170. The molecule has 0 rings (SSSR count). The van der Waals surface area contributed by atoms with Gasteiger partial charge < -0.3 is 19.8 Å². The lowest BCUT2D eigenvalue weighted by Crippen LogP contribution is -2.46. The van der Waals surface area contributed by atoms with Gasteiger partial charge in [0.25, 0.3) is 0 Å². The fourth-order valence-electron chi connectivity index (χ4n) is 5.49. The standard InChI is InChI=1S/C46H81N2O6P/c1-6-8-10-12-14-16-17-18-19-20-21-22-23-24-25-26-27-28-29-30-31-32-34-36-38-40-46(50)47-44(43-54-55(51,52)53-42-41-48(3,4)5)45(49)39-37-35-33-15-13-11-9-7-2/h8,10,14,16,18-19,21-22,24-25,27-28,30-31,44-45,49H,6-7,9,11-13,15,17,20,23,26,29,32-43H2,1-5H3,(H-,47,50,51,52)/p+1/b10-8-,16-14-,19-18-,22-21-,25-24-,28-27-,31-30-. The number of allylic oxidation sites excluding steroid dienone is 14. The summed E-state index contributed by atoms with van der Waals surface area (Å²) < 4.78 is 23.5. The van der Waals surface area contributed by atoms with Crippen molar-refractivity contribution in [2.75, 3.05) is 40.9 Å². The van der Waals surface area contributed by atoms with Crippen LogP contribution < -0.4 is 5.32 Å². The zero-order valence-electron chi connectivity index (χ0n) is 35.6. The number of phosphoric ester groups is 1. The molecule has 3 atom stereocenters. The molecule has 0 heterocycles. The van der Waals surface area contributed by atoms with E-state index < -0.39 is 20.0 Å². The van der Waals surface area contributed by atoms with Crippen molar-refractivity contribution in [3.63, 3.8) is 0 Å². The van der Waals surface area contributed by atoms with Crippen LogP contribution in [0.2, 0.25) is 0 Å². The summed E-state index contributed by atoms with van der Waals surface area (Å²) in [6.07, 6.45) is 50.5. The van der Waals surface area contributed by atoms with Crippen molar-refractivity contribution < 1.29 is 32.9 Å². The molecular weight excluding hydrogens is 707 g/mol. The van der Waals surface area contributed by atoms with E-state index in [0.29, 0.717) is 23.9 Å². The summed E-state index contributed by atoms with van der Waals surface area (Å²) in [6.45, 7) is 4.68. The van der Waals surface area contributed by atoms with Gasteiger partial charge in [0.1, 0.15) is 13.2 Å². The van der Waals surface area contributed by atoms with Crippen LogP contribution in [-0.2, 0) is 18.4 Å². The SMILES string of the molecule is CC/C=C\C/C=C\C/C=C\C/C=C\C/C=C\C/C=C\C/C=C\CCCCCC(=O)NC(COP(=O)(O)OCC[N+](C)(C)C)C(O)CCCCCCCCCC. The van der Waals surface area contributed by atoms with E-state index in [9.17, 15) is 19.4 Å². The van der Waals surface area contributed by atoms with Crippen LogP contribution in [0.25, 0.3) is 0 Å². The van der Waals surface area contributed by atoms with Gasteiger partial charge in [0, 0.05) is 6.42 Å². The Morgan fingerprint density at radius 3 is 1.58 bits per heavy atom. The van der Waals surface area contributed by atoms with Crippen molar-refractivity contribution in [2.24, 2.45) is 0 Å². The van der Waals surface area contributed by atoms with Crippen molar-refractivity contribution in [2.45, 2.75) is 161 Å². The zero-order chi connectivity index (χ0) is 40.7. The summed E-state index contributed by atoms with van der Waals surface area (Å²) in [7, 11) is 1.57. The number of amides is 1. The minimum Gasteiger partial charge on any atom is -0.391 e. The van der Waals surface area contributed by atoms with Crippen LogP contribution in [0.3, 0.4) is 0 Å². The van der Waals surface area contributed by atoms with Crippen molar-refractivity contribution in [1.82, 2.24) is 5.32 Å². The third-order valence-electron chi connectivity index (χ3n) is 8.91. The first-order valence-corrected chi connectivity index (χ1v) is 22.9. The number of aliphatic hydroxyl groups excluding tert-OH is 1. The van der Waals surface area contributed by atoms with Crippen LogP contribution in [0.4, 0.5) is 0 Å². The minimum atomic E-state index is -4.32. The fourth-order valence-corrected chi connectivity index (χ4v) is 6.23. The molecule has 0 aromatic heterocycles. The predicted molar refractivity (Wildman–Crippen MR) is 235 cm³/mol. The minimum absolute atomic E-state index is 0.0623. The lowest BCUT2D eigenvalue weighted by atomic mass is 10.0. The molecule has 3 unspecified atom stereocenters. The second kappa shape index (κ2) is 37.3. The number of nitrogens with zero attached hydrogens (tertiary/aromatic N) is 1. The lowest BCUT2D eigenvalue weighted by molar-refractivity contribution is -0.870. The Labute approximate surface area is 337 Å². The van der Waals surface area contributed by atoms with Gasteiger partial charge in [-0.2, -0.15) is 0 Å². The Morgan fingerprint density at radius 1 is 0.636 bits per heavy atom. The number of carbonyl (C=O) groups is 1.